The smallest absolute Gasteiger partial charge is 0.248 e. The number of hydrogen-bond donors (Lipinski definition) is 4. The molecule has 4 N–H and O–H groups in total. The van der Waals surface area contributed by atoms with Gasteiger partial charge in [0.25, 0.3) is 0 Å². The number of nitrogens with two attached hydrogens (primary N) is 1. The van der Waals surface area contributed by atoms with E-state index >= 15 is 0 Å². The average molecular weight is 531 g/mol. The number of pyridine rings is 1. The molecule has 1 aliphatic carbocycles. The summed E-state index contributed by atoms with van der Waals surface area (Å²) in [6.45, 7) is 3.83. The van der Waals surface area contributed by atoms with Gasteiger partial charge >= 0.3 is 0 Å². The number of aromatic nitrogens is 4. The number of anilines is 1. The van der Waals surface area contributed by atoms with Crippen LogP contribution in [0.25, 0.3) is 16.8 Å². The number of carbonyl (C=O) groups excluding carboxylic acids is 1. The van der Waals surface area contributed by atoms with Crippen LogP contribution in [0.4, 0.5) is 5.82 Å². The molecule has 0 aliphatic heterocycles. The second-order valence-corrected chi connectivity index (χ2v) is 10.5. The molecular formula is C25H34N6O5S. The molecule has 3 heterocycles. The van der Waals surface area contributed by atoms with E-state index in [1.165, 1.54) is 4.52 Å². The van der Waals surface area contributed by atoms with Gasteiger partial charge in [0.2, 0.25) is 5.91 Å². The molecule has 0 saturated heterocycles. The van der Waals surface area contributed by atoms with Crippen molar-refractivity contribution in [2.24, 2.45) is 0 Å². The monoisotopic (exact) mass is 530 g/mol. The molecule has 200 valence electrons. The Morgan fingerprint density at radius 2 is 2.03 bits per heavy atom. The van der Waals surface area contributed by atoms with Gasteiger partial charge in [0.15, 0.2) is 16.4 Å². The largest absolute Gasteiger partial charge is 0.387 e. The Kier molecular flexibility index (Phi) is 8.10. The van der Waals surface area contributed by atoms with Crippen LogP contribution in [0.5, 0.6) is 0 Å². The number of nitrogen functional groups attached to an aromatic ring is 1. The summed E-state index contributed by atoms with van der Waals surface area (Å²) in [7, 11) is -3.05. The van der Waals surface area contributed by atoms with Gasteiger partial charge in [0, 0.05) is 29.9 Å². The minimum absolute atomic E-state index is 0.0272. The zero-order valence-electron chi connectivity index (χ0n) is 21.1. The molecule has 11 nitrogen and oxygen atoms in total. The highest BCUT2D eigenvalue weighted by Gasteiger charge is 2.37. The Labute approximate surface area is 217 Å². The minimum Gasteiger partial charge on any atom is -0.387 e. The van der Waals surface area contributed by atoms with Crippen LogP contribution in [-0.2, 0) is 27.5 Å². The van der Waals surface area contributed by atoms with Crippen LogP contribution >= 0.6 is 0 Å². The number of amides is 1. The lowest BCUT2D eigenvalue weighted by Crippen LogP contribution is -2.42. The normalized spacial score (nSPS) is 15.6. The fraction of sp³-hybridized carbons (Fsp3) is 0.520. The van der Waals surface area contributed by atoms with Crippen molar-refractivity contribution in [1.29, 1.82) is 0 Å². The van der Waals surface area contributed by atoms with Gasteiger partial charge in [-0.05, 0) is 51.0 Å². The van der Waals surface area contributed by atoms with Gasteiger partial charge in [0.05, 0.1) is 17.6 Å². The van der Waals surface area contributed by atoms with E-state index < -0.39 is 22.9 Å². The predicted molar refractivity (Wildman–Crippen MR) is 138 cm³/mol. The average Bonchev–Trinajstić information content (AvgIpc) is 3.30. The van der Waals surface area contributed by atoms with E-state index in [2.05, 4.69) is 15.1 Å². The van der Waals surface area contributed by atoms with Crippen molar-refractivity contribution < 1.29 is 23.4 Å². The van der Waals surface area contributed by atoms with Crippen molar-refractivity contribution in [3.8, 4) is 11.1 Å². The fourth-order valence-electron chi connectivity index (χ4n) is 4.95. The van der Waals surface area contributed by atoms with Crippen LogP contribution in [0.15, 0.2) is 29.4 Å². The first kappa shape index (κ1) is 27.0. The molecule has 1 amide bonds. The third-order valence-electron chi connectivity index (χ3n) is 7.19. The second-order valence-electron chi connectivity index (χ2n) is 9.51. The molecule has 12 heteroatoms. The van der Waals surface area contributed by atoms with Crippen LogP contribution in [0.2, 0.25) is 0 Å². The molecule has 3 aromatic heterocycles. The summed E-state index contributed by atoms with van der Waals surface area (Å²) in [4.78, 5) is 23.0. The maximum atomic E-state index is 12.3. The van der Waals surface area contributed by atoms with Crippen LogP contribution in [0, 0.1) is 0 Å². The van der Waals surface area contributed by atoms with Crippen molar-refractivity contribution in [3.63, 3.8) is 0 Å². The van der Waals surface area contributed by atoms with E-state index in [0.717, 1.165) is 12.8 Å². The molecule has 3 aromatic rings. The highest BCUT2D eigenvalue weighted by Crippen LogP contribution is 2.40. The number of rotatable bonds is 11. The van der Waals surface area contributed by atoms with Crippen LogP contribution in [0.1, 0.15) is 63.8 Å². The van der Waals surface area contributed by atoms with Crippen molar-refractivity contribution in [2.75, 3.05) is 18.9 Å². The van der Waals surface area contributed by atoms with Crippen molar-refractivity contribution >= 4 is 28.1 Å². The molecular weight excluding hydrogens is 496 g/mol. The molecule has 1 aliphatic rings. The maximum absolute atomic E-state index is 12.3. The molecule has 0 radical (unpaired) electrons. The summed E-state index contributed by atoms with van der Waals surface area (Å²) in [5.41, 5.74) is 8.07. The topological polar surface area (TPSA) is 164 Å². The summed E-state index contributed by atoms with van der Waals surface area (Å²) in [5, 5.41) is 24.3. The number of fused-ring (bicyclic) bond motifs is 1. The Morgan fingerprint density at radius 1 is 1.27 bits per heavy atom. The minimum atomic E-state index is -3.05. The fourth-order valence-corrected chi connectivity index (χ4v) is 5.61. The molecule has 37 heavy (non-hydrogen) atoms. The molecule has 0 spiro atoms. The third kappa shape index (κ3) is 5.18. The standard InChI is InChI=1S/C25H34N6O5S/c1-3-12-30(21(33)15-32)17(4-2)7-8-19-22(37(35)36)23(26)31-24(29-19)18(14-28-31)16-6-9-20(27-13-16)25(34)10-5-11-25/h6,9,13-14,17,32,34,37H,3-5,7-8,10-12,15,26H2,1-2H3/t17-/m1/s1. The first-order chi connectivity index (χ1) is 17.7. The van der Waals surface area contributed by atoms with Gasteiger partial charge in [0.1, 0.15) is 22.9 Å². The first-order valence-electron chi connectivity index (χ1n) is 12.6. The van der Waals surface area contributed by atoms with Crippen LogP contribution in [0.3, 0.4) is 0 Å². The molecule has 1 fully saturated rings. The zero-order valence-corrected chi connectivity index (χ0v) is 22.0. The summed E-state index contributed by atoms with van der Waals surface area (Å²) in [6, 6.07) is 3.44. The third-order valence-corrected chi connectivity index (χ3v) is 8.04. The molecule has 4 rings (SSSR count). The van der Waals surface area contributed by atoms with E-state index in [9.17, 15) is 23.4 Å². The summed E-state index contributed by atoms with van der Waals surface area (Å²) in [5.74, 6) is -0.382. The Morgan fingerprint density at radius 3 is 2.57 bits per heavy atom. The van der Waals surface area contributed by atoms with Crippen LogP contribution in [-0.4, -0.2) is 68.2 Å². The predicted octanol–water partition coefficient (Wildman–Crippen LogP) is 1.66. The van der Waals surface area contributed by atoms with Gasteiger partial charge in [-0.15, -0.1) is 0 Å². The van der Waals surface area contributed by atoms with E-state index in [1.54, 1.807) is 23.4 Å². The highest BCUT2D eigenvalue weighted by atomic mass is 32.2. The second kappa shape index (κ2) is 11.1. The van der Waals surface area contributed by atoms with E-state index in [1.807, 2.05) is 19.9 Å². The van der Waals surface area contributed by atoms with Gasteiger partial charge in [-0.2, -0.15) is 9.61 Å². The number of nitrogens with zero attached hydrogens (tertiary/aromatic N) is 5. The zero-order chi connectivity index (χ0) is 26.7. The lowest BCUT2D eigenvalue weighted by molar-refractivity contribution is -0.136. The summed E-state index contributed by atoms with van der Waals surface area (Å²) < 4.78 is 25.7. The maximum Gasteiger partial charge on any atom is 0.248 e. The quantitative estimate of drug-likeness (QED) is 0.270. The number of thiol groups is 1. The molecule has 1 atom stereocenters. The van der Waals surface area contributed by atoms with Gasteiger partial charge in [-0.25, -0.2) is 13.4 Å². The van der Waals surface area contributed by atoms with E-state index in [4.69, 9.17) is 5.73 Å². The van der Waals surface area contributed by atoms with E-state index in [-0.39, 0.29) is 29.1 Å². The number of aryl methyl sites for hydroxylation is 1. The first-order valence-corrected chi connectivity index (χ1v) is 13.8. The van der Waals surface area contributed by atoms with Gasteiger partial charge < -0.3 is 20.8 Å². The number of carbonyl (C=O) groups is 1. The number of hydrogen-bond acceptors (Lipinski definition) is 9. The highest BCUT2D eigenvalue weighted by molar-refractivity contribution is 7.72. The van der Waals surface area contributed by atoms with Gasteiger partial charge in [-0.3, -0.25) is 9.78 Å². The lowest BCUT2D eigenvalue weighted by Gasteiger charge is -2.35. The van der Waals surface area contributed by atoms with Crippen molar-refractivity contribution in [2.45, 2.75) is 75.3 Å². The van der Waals surface area contributed by atoms with Crippen LogP contribution < -0.4 is 5.73 Å². The summed E-state index contributed by atoms with van der Waals surface area (Å²) >= 11 is 0. The van der Waals surface area contributed by atoms with Crippen molar-refractivity contribution in [3.05, 3.63) is 35.9 Å². The summed E-state index contributed by atoms with van der Waals surface area (Å²) in [6.07, 6.45) is 7.66. The van der Waals surface area contributed by atoms with Gasteiger partial charge in [-0.1, -0.05) is 19.9 Å². The SMILES string of the molecule is CCCN(C(=O)CO)[C@H](CC)CCc1nc2c(-c3ccc(C4(O)CCC4)nc3)cnn2c(N)c1[SH](=O)=O. The molecule has 0 bridgehead atoms. The Bertz CT molecular complexity index is 1340. The molecule has 0 aromatic carbocycles. The Hall–Kier alpha value is -3.09. The van der Waals surface area contributed by atoms with E-state index in [0.29, 0.717) is 60.4 Å². The molecule has 1 saturated carbocycles. The molecule has 0 unspecified atom stereocenters. The number of aliphatic hydroxyl groups is 2. The number of aliphatic hydroxyl groups excluding tert-OH is 1. The van der Waals surface area contributed by atoms with Crippen molar-refractivity contribution in [1.82, 2.24) is 24.5 Å². The lowest BCUT2D eigenvalue weighted by atomic mass is 9.77. The Balaban J connectivity index is 1.70.